The van der Waals surface area contributed by atoms with Crippen LogP contribution in [0.4, 0.5) is 13.2 Å². The van der Waals surface area contributed by atoms with Crippen LogP contribution in [0.3, 0.4) is 0 Å². The molecule has 15 heteroatoms. The lowest BCUT2D eigenvalue weighted by molar-refractivity contribution is -0.137. The average Bonchev–Trinajstić information content (AvgIpc) is 3.33. The number of likely N-dealkylation sites (N-methyl/N-ethyl adjacent to an activating group) is 1. The molecule has 0 saturated carbocycles. The van der Waals surface area contributed by atoms with Crippen LogP contribution in [0.25, 0.3) is 0 Å². The van der Waals surface area contributed by atoms with Crippen molar-refractivity contribution < 1.29 is 45.4 Å². The number of hydrogen-bond donors (Lipinski definition) is 1. The SMILES string of the molecule is Cc1cc2ccc1CCS(=O)(=O)N1CCC3(CC1)N=C(NC3=O)c1cc(cc(C(F)(F)F)c1)OCCOCCOCCN(C)C2=O. The van der Waals surface area contributed by atoms with Crippen LogP contribution < -0.4 is 10.1 Å². The van der Waals surface area contributed by atoms with E-state index in [0.717, 1.165) is 23.3 Å². The van der Waals surface area contributed by atoms with E-state index < -0.39 is 33.2 Å². The Hall–Kier alpha value is -3.53. The van der Waals surface area contributed by atoms with E-state index in [1.807, 2.05) is 6.92 Å². The van der Waals surface area contributed by atoms with Crippen molar-refractivity contribution in [1.82, 2.24) is 14.5 Å². The van der Waals surface area contributed by atoms with Crippen LogP contribution >= 0.6 is 0 Å². The van der Waals surface area contributed by atoms with Gasteiger partial charge in [0.25, 0.3) is 11.8 Å². The number of carbonyl (C=O) groups excluding carboxylic acids is 2. The van der Waals surface area contributed by atoms with Crippen molar-refractivity contribution in [3.05, 3.63) is 64.2 Å². The first-order valence-electron chi connectivity index (χ1n) is 15.0. The zero-order valence-electron chi connectivity index (χ0n) is 25.7. The summed E-state index contributed by atoms with van der Waals surface area (Å²) in [5.41, 5.74) is -0.153. The number of amidine groups is 1. The second kappa shape index (κ2) is 13.7. The fourth-order valence-electron chi connectivity index (χ4n) is 5.65. The number of carbonyl (C=O) groups is 2. The number of amides is 2. The van der Waals surface area contributed by atoms with Gasteiger partial charge < -0.3 is 24.4 Å². The highest BCUT2D eigenvalue weighted by Crippen LogP contribution is 2.36. The summed E-state index contributed by atoms with van der Waals surface area (Å²) in [7, 11) is -2.04. The minimum Gasteiger partial charge on any atom is -0.491 e. The molecule has 0 unspecified atom stereocenters. The first-order valence-corrected chi connectivity index (χ1v) is 16.6. The molecule has 5 aliphatic heterocycles. The van der Waals surface area contributed by atoms with E-state index in [0.29, 0.717) is 12.1 Å². The van der Waals surface area contributed by atoms with Gasteiger partial charge in [-0.25, -0.2) is 12.7 Å². The molecule has 2 aromatic rings. The minimum atomic E-state index is -4.68. The predicted octanol–water partition coefficient (Wildman–Crippen LogP) is 2.79. The molecule has 1 N–H and O–H groups in total. The predicted molar refractivity (Wildman–Crippen MR) is 162 cm³/mol. The van der Waals surface area contributed by atoms with Crippen LogP contribution in [0.2, 0.25) is 0 Å². The summed E-state index contributed by atoms with van der Waals surface area (Å²) in [4.78, 5) is 32.1. The van der Waals surface area contributed by atoms with Crippen molar-refractivity contribution in [2.75, 3.05) is 65.5 Å². The van der Waals surface area contributed by atoms with E-state index >= 15 is 0 Å². The van der Waals surface area contributed by atoms with Crippen molar-refractivity contribution >= 4 is 27.7 Å². The van der Waals surface area contributed by atoms with Crippen LogP contribution in [0.15, 0.2) is 41.4 Å². The number of piperidine rings is 1. The number of benzene rings is 2. The van der Waals surface area contributed by atoms with Gasteiger partial charge in [0, 0.05) is 37.8 Å². The lowest BCUT2D eigenvalue weighted by Crippen LogP contribution is -2.50. The number of fused-ring (bicyclic) bond motifs is 2. The zero-order valence-corrected chi connectivity index (χ0v) is 26.5. The molecule has 2 aromatic carbocycles. The van der Waals surface area contributed by atoms with Gasteiger partial charge in [-0.2, -0.15) is 13.2 Å². The summed E-state index contributed by atoms with van der Waals surface area (Å²) in [6.07, 6.45) is -4.29. The number of ether oxygens (including phenoxy) is 3. The number of hydrogen-bond acceptors (Lipinski definition) is 8. The van der Waals surface area contributed by atoms with Crippen molar-refractivity contribution in [3.63, 3.8) is 0 Å². The fraction of sp³-hybridized carbons (Fsp3) is 0.516. The molecule has 1 fully saturated rings. The normalized spacial score (nSPS) is 25.0. The lowest BCUT2D eigenvalue weighted by Gasteiger charge is -2.34. The lowest BCUT2D eigenvalue weighted by atomic mass is 9.89. The third-order valence-corrected chi connectivity index (χ3v) is 10.3. The van der Waals surface area contributed by atoms with E-state index in [2.05, 4.69) is 10.3 Å². The minimum absolute atomic E-state index is 0.0222. The maximum atomic E-state index is 13.8. The maximum Gasteiger partial charge on any atom is 0.416 e. The molecule has 0 aromatic heterocycles. The first kappa shape index (κ1) is 33.8. The maximum absolute atomic E-state index is 13.8. The van der Waals surface area contributed by atoms with Gasteiger partial charge in [-0.1, -0.05) is 6.07 Å². The topological polar surface area (TPSA) is 127 Å². The molecule has 2 amide bonds. The van der Waals surface area contributed by atoms with Crippen molar-refractivity contribution in [3.8, 4) is 5.75 Å². The van der Waals surface area contributed by atoms with Crippen LogP contribution in [0.1, 0.15) is 45.5 Å². The molecule has 1 saturated heterocycles. The Kier molecular flexibility index (Phi) is 10.1. The van der Waals surface area contributed by atoms with Gasteiger partial charge in [0.05, 0.1) is 37.7 Å². The Balaban J connectivity index is 1.38. The number of nitrogens with zero attached hydrogens (tertiary/aromatic N) is 3. The van der Waals surface area contributed by atoms with Crippen LogP contribution in [0, 0.1) is 6.92 Å². The molecule has 0 atom stereocenters. The smallest absolute Gasteiger partial charge is 0.416 e. The standard InChI is InChI=1S/C31H37F3N4O7S/c1-21-17-23-4-3-22(21)5-16-46(41,42)38-8-6-30(7-9-38)29(40)35-27(36-30)24-18-25(31(32,33)34)20-26(19-24)45-15-14-44-13-12-43-11-10-37(2)28(23)39/h3-4,17-20H,5-16H2,1-2H3,(H,35,36,40). The second-order valence-electron chi connectivity index (χ2n) is 11.6. The number of aliphatic imine (C=N–C) groups is 1. The Morgan fingerprint density at radius 1 is 0.913 bits per heavy atom. The number of aryl methyl sites for hydroxylation is 2. The molecule has 7 bridgehead atoms. The molecule has 0 radical (unpaired) electrons. The Bertz CT molecular complexity index is 1610. The Labute approximate surface area is 265 Å². The molecule has 5 aliphatic rings. The van der Waals surface area contributed by atoms with Gasteiger partial charge in [-0.15, -0.1) is 0 Å². The van der Waals surface area contributed by atoms with Gasteiger partial charge >= 0.3 is 6.18 Å². The highest BCUT2D eigenvalue weighted by molar-refractivity contribution is 7.89. The summed E-state index contributed by atoms with van der Waals surface area (Å²) in [6, 6.07) is 8.33. The molecule has 250 valence electrons. The first-order chi connectivity index (χ1) is 21.8. The van der Waals surface area contributed by atoms with E-state index in [1.165, 1.54) is 15.3 Å². The summed E-state index contributed by atoms with van der Waals surface area (Å²) >= 11 is 0. The molecule has 0 aliphatic carbocycles. The van der Waals surface area contributed by atoms with E-state index in [4.69, 9.17) is 14.2 Å². The molecule has 5 heterocycles. The quantitative estimate of drug-likeness (QED) is 0.459. The Morgan fingerprint density at radius 2 is 1.61 bits per heavy atom. The summed E-state index contributed by atoms with van der Waals surface area (Å²) < 4.78 is 85.8. The monoisotopic (exact) mass is 666 g/mol. The average molecular weight is 667 g/mol. The molecular formula is C31H37F3N4O7S. The second-order valence-corrected chi connectivity index (χ2v) is 13.7. The van der Waals surface area contributed by atoms with Crippen LogP contribution in [-0.2, 0) is 36.9 Å². The summed E-state index contributed by atoms with van der Waals surface area (Å²) in [6.45, 7) is 3.00. The highest BCUT2D eigenvalue weighted by Gasteiger charge is 2.47. The van der Waals surface area contributed by atoms with Crippen molar-refractivity contribution in [2.45, 2.75) is 37.9 Å². The number of alkyl halides is 3. The largest absolute Gasteiger partial charge is 0.491 e. The molecule has 11 nitrogen and oxygen atoms in total. The van der Waals surface area contributed by atoms with Gasteiger partial charge in [-0.05, 0) is 67.6 Å². The third kappa shape index (κ3) is 7.70. The van der Waals surface area contributed by atoms with Crippen molar-refractivity contribution in [1.29, 1.82) is 0 Å². The summed E-state index contributed by atoms with van der Waals surface area (Å²) in [5.74, 6) is -0.941. The fourth-order valence-corrected chi connectivity index (χ4v) is 7.13. The van der Waals surface area contributed by atoms with Gasteiger partial charge in [0.15, 0.2) is 0 Å². The molecule has 46 heavy (non-hydrogen) atoms. The molecule has 7 rings (SSSR count). The van der Waals surface area contributed by atoms with Gasteiger partial charge in [-0.3, -0.25) is 14.6 Å². The van der Waals surface area contributed by atoms with Gasteiger partial charge in [0.2, 0.25) is 10.0 Å². The van der Waals surface area contributed by atoms with Crippen LogP contribution in [-0.4, -0.2) is 106 Å². The number of nitrogens with one attached hydrogen (secondary N) is 1. The van der Waals surface area contributed by atoms with E-state index in [-0.39, 0.29) is 94.2 Å². The molecule has 1 spiro atoms. The van der Waals surface area contributed by atoms with Crippen LogP contribution in [0.5, 0.6) is 5.75 Å². The Morgan fingerprint density at radius 3 is 2.30 bits per heavy atom. The number of halogens is 3. The number of rotatable bonds is 0. The zero-order chi connectivity index (χ0) is 33.1. The summed E-state index contributed by atoms with van der Waals surface area (Å²) in [5, 5.41) is 2.61. The van der Waals surface area contributed by atoms with Gasteiger partial charge in [0.1, 0.15) is 23.7 Å². The highest BCUT2D eigenvalue weighted by atomic mass is 32.2. The molecular weight excluding hydrogens is 629 g/mol. The third-order valence-electron chi connectivity index (χ3n) is 8.44. The number of sulfonamides is 1. The van der Waals surface area contributed by atoms with E-state index in [9.17, 15) is 31.2 Å². The van der Waals surface area contributed by atoms with Crippen molar-refractivity contribution in [2.24, 2.45) is 4.99 Å². The van der Waals surface area contributed by atoms with E-state index in [1.54, 1.807) is 25.2 Å².